The van der Waals surface area contributed by atoms with Gasteiger partial charge in [-0.05, 0) is 65.1 Å². The van der Waals surface area contributed by atoms with E-state index in [1.165, 1.54) is 6.07 Å². The second-order valence-electron chi connectivity index (χ2n) is 7.01. The molecule has 6 heteroatoms. The highest BCUT2D eigenvalue weighted by atomic mass is 127. The first-order chi connectivity index (χ1) is 13.0. The van der Waals surface area contributed by atoms with Crippen molar-refractivity contribution in [1.29, 1.82) is 0 Å². The zero-order valence-corrected chi connectivity index (χ0v) is 17.4. The number of nitrogens with zero attached hydrogens (tertiary/aromatic N) is 2. The Morgan fingerprint density at radius 2 is 2.07 bits per heavy atom. The van der Waals surface area contributed by atoms with Crippen LogP contribution in [0.3, 0.4) is 0 Å². The largest absolute Gasteiger partial charge is 0.396 e. The predicted molar refractivity (Wildman–Crippen MR) is 113 cm³/mol. The summed E-state index contributed by atoms with van der Waals surface area (Å²) in [5.74, 6) is -0.237. The Hall–Kier alpha value is -1.80. The van der Waals surface area contributed by atoms with Crippen molar-refractivity contribution >= 4 is 33.5 Å². The number of pyridine rings is 2. The van der Waals surface area contributed by atoms with Crippen LogP contribution < -0.4 is 5.56 Å². The molecule has 2 aromatic heterocycles. The van der Waals surface area contributed by atoms with Crippen molar-refractivity contribution < 1.29 is 9.50 Å². The molecule has 1 aliphatic rings. The minimum atomic E-state index is -0.237. The van der Waals surface area contributed by atoms with E-state index in [9.17, 15) is 14.3 Å². The monoisotopic (exact) mass is 478 g/mol. The summed E-state index contributed by atoms with van der Waals surface area (Å²) < 4.78 is 17.3. The van der Waals surface area contributed by atoms with Crippen LogP contribution in [0.5, 0.6) is 0 Å². The minimum absolute atomic E-state index is 0.0106. The Morgan fingerprint density at radius 1 is 1.30 bits per heavy atom. The van der Waals surface area contributed by atoms with Gasteiger partial charge >= 0.3 is 0 Å². The van der Waals surface area contributed by atoms with Crippen LogP contribution in [0.4, 0.5) is 4.39 Å². The van der Waals surface area contributed by atoms with E-state index in [1.54, 1.807) is 10.6 Å². The first kappa shape index (κ1) is 18.6. The number of halogens is 2. The highest BCUT2D eigenvalue weighted by Gasteiger charge is 2.27. The summed E-state index contributed by atoms with van der Waals surface area (Å²) in [6.07, 6.45) is 2.15. The summed E-state index contributed by atoms with van der Waals surface area (Å²) in [4.78, 5) is 17.3. The molecular formula is C21H20FIN2O2. The van der Waals surface area contributed by atoms with Crippen molar-refractivity contribution in [2.45, 2.75) is 39.7 Å². The number of aliphatic hydroxyl groups is 1. The third kappa shape index (κ3) is 2.89. The van der Waals surface area contributed by atoms with Crippen molar-refractivity contribution in [3.8, 4) is 11.4 Å². The van der Waals surface area contributed by atoms with Gasteiger partial charge in [0.2, 0.25) is 0 Å². The fraction of sp³-hybridized carbons (Fsp3) is 0.333. The van der Waals surface area contributed by atoms with Crippen molar-refractivity contribution in [1.82, 2.24) is 9.55 Å². The number of fused-ring (bicyclic) bond motifs is 4. The van der Waals surface area contributed by atoms with Crippen LogP contribution in [0.1, 0.15) is 35.6 Å². The predicted octanol–water partition coefficient (Wildman–Crippen LogP) is 3.96. The Labute approximate surface area is 170 Å². The lowest BCUT2D eigenvalue weighted by molar-refractivity contribution is 0.299. The van der Waals surface area contributed by atoms with Gasteiger partial charge in [-0.15, -0.1) is 0 Å². The number of aromatic nitrogens is 2. The number of rotatable bonds is 4. The van der Waals surface area contributed by atoms with E-state index in [4.69, 9.17) is 4.98 Å². The van der Waals surface area contributed by atoms with Crippen molar-refractivity contribution in [3.63, 3.8) is 0 Å². The van der Waals surface area contributed by atoms with Gasteiger partial charge in [-0.2, -0.15) is 0 Å². The Morgan fingerprint density at radius 3 is 2.78 bits per heavy atom. The molecule has 0 saturated carbocycles. The summed E-state index contributed by atoms with van der Waals surface area (Å²) in [5.41, 5.74) is 5.54. The lowest BCUT2D eigenvalue weighted by Gasteiger charge is -2.14. The molecule has 3 aromatic rings. The molecule has 3 heterocycles. The highest BCUT2D eigenvalue weighted by Crippen LogP contribution is 2.38. The average molecular weight is 478 g/mol. The van der Waals surface area contributed by atoms with Crippen LogP contribution in [-0.2, 0) is 19.4 Å². The summed E-state index contributed by atoms with van der Waals surface area (Å²) in [6.45, 7) is 4.38. The lowest BCUT2D eigenvalue weighted by atomic mass is 9.96. The van der Waals surface area contributed by atoms with E-state index in [-0.39, 0.29) is 18.0 Å². The minimum Gasteiger partial charge on any atom is -0.396 e. The molecule has 0 radical (unpaired) electrons. The lowest BCUT2D eigenvalue weighted by Crippen LogP contribution is -2.19. The zero-order chi connectivity index (χ0) is 19.3. The molecule has 0 saturated heterocycles. The van der Waals surface area contributed by atoms with Crippen molar-refractivity contribution in [2.24, 2.45) is 0 Å². The van der Waals surface area contributed by atoms with Gasteiger partial charge in [0, 0.05) is 33.3 Å². The van der Waals surface area contributed by atoms with Crippen LogP contribution in [0.2, 0.25) is 0 Å². The van der Waals surface area contributed by atoms with Gasteiger partial charge in [0.15, 0.2) is 0 Å². The normalized spacial score (nSPS) is 12.5. The molecule has 27 heavy (non-hydrogen) atoms. The molecule has 0 aliphatic carbocycles. The topological polar surface area (TPSA) is 55.1 Å². The molecule has 0 fully saturated rings. The van der Waals surface area contributed by atoms with Gasteiger partial charge < -0.3 is 9.67 Å². The van der Waals surface area contributed by atoms with Crippen molar-refractivity contribution in [3.05, 3.63) is 60.2 Å². The van der Waals surface area contributed by atoms with Crippen LogP contribution in [0.15, 0.2) is 23.0 Å². The second-order valence-corrected chi connectivity index (χ2v) is 8.08. The fourth-order valence-corrected chi connectivity index (χ4v) is 4.95. The maximum absolute atomic E-state index is 14.5. The quantitative estimate of drug-likeness (QED) is 0.452. The first-order valence-electron chi connectivity index (χ1n) is 9.11. The zero-order valence-electron chi connectivity index (χ0n) is 15.3. The third-order valence-electron chi connectivity index (χ3n) is 5.28. The highest BCUT2D eigenvalue weighted by molar-refractivity contribution is 14.1. The van der Waals surface area contributed by atoms with Gasteiger partial charge in [-0.1, -0.05) is 13.3 Å². The molecule has 0 bridgehead atoms. The molecule has 1 N–H and O–H groups in total. The number of aryl methyl sites for hydroxylation is 1. The van der Waals surface area contributed by atoms with Crippen LogP contribution in [0, 0.1) is 16.3 Å². The molecule has 140 valence electrons. The van der Waals surface area contributed by atoms with Crippen LogP contribution in [0.25, 0.3) is 22.3 Å². The van der Waals surface area contributed by atoms with E-state index in [0.29, 0.717) is 24.0 Å². The Balaban J connectivity index is 2.03. The molecule has 0 spiro atoms. The van der Waals surface area contributed by atoms with E-state index >= 15 is 0 Å². The molecular weight excluding hydrogens is 458 g/mol. The second kappa shape index (κ2) is 6.98. The van der Waals surface area contributed by atoms with Gasteiger partial charge in [-0.25, -0.2) is 9.37 Å². The van der Waals surface area contributed by atoms with Gasteiger partial charge in [0.25, 0.3) is 5.56 Å². The number of benzene rings is 1. The molecule has 0 atom stereocenters. The fourth-order valence-electron chi connectivity index (χ4n) is 3.92. The van der Waals surface area contributed by atoms with Crippen LogP contribution in [-0.4, -0.2) is 21.3 Å². The van der Waals surface area contributed by atoms with Crippen LogP contribution >= 0.6 is 22.6 Å². The third-order valence-corrected chi connectivity index (χ3v) is 6.47. The number of aliphatic hydroxyl groups excluding tert-OH is 1. The van der Waals surface area contributed by atoms with Gasteiger partial charge in [0.1, 0.15) is 5.82 Å². The van der Waals surface area contributed by atoms with Gasteiger partial charge in [0.05, 0.1) is 23.4 Å². The maximum atomic E-state index is 14.5. The van der Waals surface area contributed by atoms with E-state index < -0.39 is 0 Å². The summed E-state index contributed by atoms with van der Waals surface area (Å²) in [5, 5.41) is 10.2. The van der Waals surface area contributed by atoms with Crippen molar-refractivity contribution in [2.75, 3.05) is 6.61 Å². The summed E-state index contributed by atoms with van der Waals surface area (Å²) in [7, 11) is 0. The van der Waals surface area contributed by atoms with E-state index in [0.717, 1.165) is 49.9 Å². The summed E-state index contributed by atoms with van der Waals surface area (Å²) in [6, 6.07) is 4.99. The molecule has 1 aromatic carbocycles. The van der Waals surface area contributed by atoms with E-state index in [2.05, 4.69) is 29.5 Å². The van der Waals surface area contributed by atoms with Gasteiger partial charge in [-0.3, -0.25) is 4.79 Å². The standard InChI is InChI=1S/C21H20FIN2O2/c1-3-4-13-11(2)15(22)9-16-19(13)20(23)14-10-25-17(21(14)24-16)7-12(5-6-26)8-18(25)27/h7-9,26H,3-6,10H2,1-2H3. The van der Waals surface area contributed by atoms with E-state index in [1.807, 2.05) is 13.0 Å². The smallest absolute Gasteiger partial charge is 0.251 e. The molecule has 0 unspecified atom stereocenters. The average Bonchev–Trinajstić information content (AvgIpc) is 2.99. The molecule has 4 rings (SSSR count). The molecule has 1 aliphatic heterocycles. The number of hydrogen-bond acceptors (Lipinski definition) is 3. The SMILES string of the molecule is CCCc1c(C)c(F)cc2nc3c(c(I)c12)Cn1c-3cc(CCO)cc1=O. The molecule has 0 amide bonds. The summed E-state index contributed by atoms with van der Waals surface area (Å²) >= 11 is 2.32. The number of hydrogen-bond donors (Lipinski definition) is 1. The first-order valence-corrected chi connectivity index (χ1v) is 10.2. The Kier molecular flexibility index (Phi) is 4.80. The molecule has 4 nitrogen and oxygen atoms in total. The maximum Gasteiger partial charge on any atom is 0.251 e. The Bertz CT molecular complexity index is 1140.